The molecule has 1 fully saturated rings. The number of morpholine rings is 1. The van der Waals surface area contributed by atoms with Gasteiger partial charge in [-0.15, -0.1) is 0 Å². The van der Waals surface area contributed by atoms with Crippen molar-refractivity contribution in [1.82, 2.24) is 5.32 Å². The van der Waals surface area contributed by atoms with E-state index in [1.165, 1.54) is 12.1 Å². The van der Waals surface area contributed by atoms with Gasteiger partial charge in [0.15, 0.2) is 0 Å². The van der Waals surface area contributed by atoms with Crippen molar-refractivity contribution < 1.29 is 17.9 Å². The predicted molar refractivity (Wildman–Crippen MR) is 141 cm³/mol. The largest absolute Gasteiger partial charge is 0.378 e. The maximum absolute atomic E-state index is 13.3. The van der Waals surface area contributed by atoms with E-state index in [-0.39, 0.29) is 17.3 Å². The monoisotopic (exact) mass is 591 g/mol. The maximum Gasteiger partial charge on any atom is 0.264 e. The number of hydrogen-bond acceptors (Lipinski definition) is 5. The third-order valence-corrected chi connectivity index (χ3v) is 8.04. The Balaban J connectivity index is 1.45. The van der Waals surface area contributed by atoms with Crippen molar-refractivity contribution in [2.24, 2.45) is 0 Å². The van der Waals surface area contributed by atoms with Gasteiger partial charge in [-0.3, -0.25) is 9.10 Å². The van der Waals surface area contributed by atoms with Crippen LogP contribution in [0.25, 0.3) is 0 Å². The van der Waals surface area contributed by atoms with Crippen LogP contribution in [0.5, 0.6) is 0 Å². The molecule has 1 aliphatic heterocycles. The number of hydrogen-bond donors (Lipinski definition) is 1. The molecule has 0 aromatic heterocycles. The molecule has 1 heterocycles. The summed E-state index contributed by atoms with van der Waals surface area (Å²) in [6, 6.07) is 23.2. The third-order valence-electron chi connectivity index (χ3n) is 5.54. The first kappa shape index (κ1) is 24.5. The van der Waals surface area contributed by atoms with E-state index in [1.807, 2.05) is 36.4 Å². The van der Waals surface area contributed by atoms with Crippen LogP contribution in [0.15, 0.2) is 83.8 Å². The predicted octanol–water partition coefficient (Wildman–Crippen LogP) is 3.64. The molecule has 3 aromatic rings. The molecule has 4 rings (SSSR count). The van der Waals surface area contributed by atoms with Gasteiger partial charge in [0.25, 0.3) is 10.0 Å². The second-order valence-corrected chi connectivity index (χ2v) is 11.0. The smallest absolute Gasteiger partial charge is 0.264 e. The average molecular weight is 591 g/mol. The summed E-state index contributed by atoms with van der Waals surface area (Å²) >= 11 is 2.16. The molecule has 0 unspecified atom stereocenters. The van der Waals surface area contributed by atoms with Crippen LogP contribution in [0.3, 0.4) is 0 Å². The van der Waals surface area contributed by atoms with Crippen molar-refractivity contribution in [1.29, 1.82) is 0 Å². The summed E-state index contributed by atoms with van der Waals surface area (Å²) in [6.45, 7) is 3.17. The number of ether oxygens (including phenoxy) is 1. The Kier molecular flexibility index (Phi) is 8.07. The van der Waals surface area contributed by atoms with Crippen molar-refractivity contribution >= 4 is 49.9 Å². The topological polar surface area (TPSA) is 79.0 Å². The minimum atomic E-state index is -3.91. The van der Waals surface area contributed by atoms with Crippen molar-refractivity contribution in [2.75, 3.05) is 42.1 Å². The summed E-state index contributed by atoms with van der Waals surface area (Å²) in [7, 11) is -3.91. The molecule has 0 atom stereocenters. The molecule has 0 spiro atoms. The Morgan fingerprint density at radius 1 is 0.941 bits per heavy atom. The third kappa shape index (κ3) is 6.08. The Bertz CT molecular complexity index is 1200. The number of anilines is 2. The van der Waals surface area contributed by atoms with E-state index in [0.29, 0.717) is 12.2 Å². The molecule has 3 aromatic carbocycles. The van der Waals surface area contributed by atoms with Crippen LogP contribution in [0.4, 0.5) is 11.4 Å². The number of sulfonamides is 1. The minimum Gasteiger partial charge on any atom is -0.378 e. The molecule has 1 amide bonds. The SMILES string of the molecule is O=C(CN(c1ccc(I)cc1)S(=O)(=O)c1ccccc1)NCc1ccc(N2CCOCC2)cc1. The van der Waals surface area contributed by atoms with E-state index < -0.39 is 10.0 Å². The second-order valence-electron chi connectivity index (χ2n) is 7.84. The number of nitrogens with zero attached hydrogens (tertiary/aromatic N) is 2. The normalized spacial score (nSPS) is 14.0. The maximum atomic E-state index is 13.3. The van der Waals surface area contributed by atoms with Crippen LogP contribution in [-0.2, 0) is 26.1 Å². The molecular weight excluding hydrogens is 565 g/mol. The fraction of sp³-hybridized carbons (Fsp3) is 0.240. The molecule has 0 saturated carbocycles. The molecule has 1 aliphatic rings. The van der Waals surface area contributed by atoms with Gasteiger partial charge in [-0.2, -0.15) is 0 Å². The van der Waals surface area contributed by atoms with Crippen LogP contribution in [0.1, 0.15) is 5.56 Å². The Hall–Kier alpha value is -2.63. The lowest BCUT2D eigenvalue weighted by Crippen LogP contribution is -2.40. The standard InChI is InChI=1S/C25H26IN3O4S/c26-21-8-12-23(13-9-21)29(34(31,32)24-4-2-1-3-5-24)19-25(30)27-18-20-6-10-22(11-7-20)28-14-16-33-17-15-28/h1-13H,14-19H2,(H,27,30). The van der Waals surface area contributed by atoms with E-state index in [2.05, 4.69) is 32.8 Å². The quantitative estimate of drug-likeness (QED) is 0.405. The average Bonchev–Trinajstić information content (AvgIpc) is 2.88. The summed E-state index contributed by atoms with van der Waals surface area (Å²) in [5.41, 5.74) is 2.50. The highest BCUT2D eigenvalue weighted by Gasteiger charge is 2.27. The molecule has 1 saturated heterocycles. The highest BCUT2D eigenvalue weighted by molar-refractivity contribution is 14.1. The minimum absolute atomic E-state index is 0.139. The van der Waals surface area contributed by atoms with Crippen LogP contribution in [0, 0.1) is 3.57 Å². The molecule has 0 bridgehead atoms. The van der Waals surface area contributed by atoms with Crippen LogP contribution < -0.4 is 14.5 Å². The van der Waals surface area contributed by atoms with E-state index >= 15 is 0 Å². The van der Waals surface area contributed by atoms with E-state index in [4.69, 9.17) is 4.74 Å². The fourth-order valence-electron chi connectivity index (χ4n) is 3.68. The first-order valence-electron chi connectivity index (χ1n) is 11.0. The number of carbonyl (C=O) groups excluding carboxylic acids is 1. The Morgan fingerprint density at radius 3 is 2.24 bits per heavy atom. The van der Waals surface area contributed by atoms with Gasteiger partial charge in [0.05, 0.1) is 23.8 Å². The van der Waals surface area contributed by atoms with Crippen LogP contribution >= 0.6 is 22.6 Å². The summed E-state index contributed by atoms with van der Waals surface area (Å²) < 4.78 is 34.2. The molecule has 0 aliphatic carbocycles. The number of amides is 1. The van der Waals surface area contributed by atoms with E-state index in [0.717, 1.165) is 45.4 Å². The zero-order valence-corrected chi connectivity index (χ0v) is 21.5. The Labute approximate surface area is 213 Å². The van der Waals surface area contributed by atoms with Crippen molar-refractivity contribution in [2.45, 2.75) is 11.4 Å². The van der Waals surface area contributed by atoms with Crippen LogP contribution in [0.2, 0.25) is 0 Å². The van der Waals surface area contributed by atoms with Gasteiger partial charge in [0.1, 0.15) is 6.54 Å². The molecule has 9 heteroatoms. The number of rotatable bonds is 8. The van der Waals surface area contributed by atoms with Gasteiger partial charge in [-0.25, -0.2) is 8.42 Å². The van der Waals surface area contributed by atoms with E-state index in [9.17, 15) is 13.2 Å². The molecule has 178 valence electrons. The molecule has 0 radical (unpaired) electrons. The van der Waals surface area contributed by atoms with Gasteiger partial charge in [0, 0.05) is 28.9 Å². The highest BCUT2D eigenvalue weighted by atomic mass is 127. The second kappa shape index (κ2) is 11.2. The van der Waals surface area contributed by atoms with Crippen LogP contribution in [-0.4, -0.2) is 47.2 Å². The van der Waals surface area contributed by atoms with Gasteiger partial charge < -0.3 is 15.0 Å². The number of benzene rings is 3. The van der Waals surface area contributed by atoms with E-state index in [1.54, 1.807) is 30.3 Å². The van der Waals surface area contributed by atoms with Gasteiger partial charge in [0.2, 0.25) is 5.91 Å². The van der Waals surface area contributed by atoms with Crippen molar-refractivity contribution in [3.8, 4) is 0 Å². The fourth-order valence-corrected chi connectivity index (χ4v) is 5.48. The van der Waals surface area contributed by atoms with Crippen molar-refractivity contribution in [3.63, 3.8) is 0 Å². The molecule has 34 heavy (non-hydrogen) atoms. The first-order valence-corrected chi connectivity index (χ1v) is 13.5. The van der Waals surface area contributed by atoms with Gasteiger partial charge in [-0.05, 0) is 76.7 Å². The lowest BCUT2D eigenvalue weighted by molar-refractivity contribution is -0.119. The zero-order chi connectivity index (χ0) is 24.0. The molecule has 1 N–H and O–H groups in total. The first-order chi connectivity index (χ1) is 16.4. The van der Waals surface area contributed by atoms with Crippen molar-refractivity contribution in [3.05, 3.63) is 88.0 Å². The van der Waals surface area contributed by atoms with Gasteiger partial charge >= 0.3 is 0 Å². The zero-order valence-electron chi connectivity index (χ0n) is 18.6. The Morgan fingerprint density at radius 2 is 1.59 bits per heavy atom. The number of carbonyl (C=O) groups is 1. The van der Waals surface area contributed by atoms with Gasteiger partial charge in [-0.1, -0.05) is 30.3 Å². The summed E-state index contributed by atoms with van der Waals surface area (Å²) in [4.78, 5) is 15.2. The lowest BCUT2D eigenvalue weighted by Gasteiger charge is -2.29. The number of halogens is 1. The molecular formula is C25H26IN3O4S. The highest BCUT2D eigenvalue weighted by Crippen LogP contribution is 2.24. The lowest BCUT2D eigenvalue weighted by atomic mass is 10.2. The number of nitrogens with one attached hydrogen (secondary N) is 1. The summed E-state index contributed by atoms with van der Waals surface area (Å²) in [5.74, 6) is -0.379. The summed E-state index contributed by atoms with van der Waals surface area (Å²) in [6.07, 6.45) is 0. The molecule has 7 nitrogen and oxygen atoms in total. The summed E-state index contributed by atoms with van der Waals surface area (Å²) in [5, 5.41) is 2.85.